The zero-order valence-corrected chi connectivity index (χ0v) is 8.51. The molecule has 0 fully saturated rings. The van der Waals surface area contributed by atoms with Gasteiger partial charge in [0.25, 0.3) is 0 Å². The summed E-state index contributed by atoms with van der Waals surface area (Å²) in [6.07, 6.45) is 2.90. The first-order chi connectivity index (χ1) is 5.74. The van der Waals surface area contributed by atoms with Gasteiger partial charge in [0, 0.05) is 15.7 Å². The van der Waals surface area contributed by atoms with E-state index in [0.717, 1.165) is 9.28 Å². The fourth-order valence-electron chi connectivity index (χ4n) is 0.926. The summed E-state index contributed by atoms with van der Waals surface area (Å²) < 4.78 is 13.6. The lowest BCUT2D eigenvalue weighted by Gasteiger charge is -2.13. The van der Waals surface area contributed by atoms with Crippen molar-refractivity contribution in [3.8, 4) is 0 Å². The van der Waals surface area contributed by atoms with Crippen molar-refractivity contribution in [2.45, 2.75) is 12.6 Å². The predicted octanol–water partition coefficient (Wildman–Crippen LogP) is 2.51. The van der Waals surface area contributed by atoms with Gasteiger partial charge in [0.1, 0.15) is 12.8 Å². The number of halogens is 2. The number of hydrogen-bond acceptors (Lipinski definition) is 3. The van der Waals surface area contributed by atoms with Crippen LogP contribution in [-0.2, 0) is 0 Å². The topological polar surface area (TPSA) is 48.2 Å². The fraction of sp³-hybridized carbons (Fsp3) is 0.429. The summed E-state index contributed by atoms with van der Waals surface area (Å²) in [5, 5.41) is 6.06. The molecule has 2 N–H and O–H groups in total. The molecule has 66 valence electrons. The van der Waals surface area contributed by atoms with E-state index in [1.54, 1.807) is 12.2 Å². The minimum absolute atomic E-state index is 0.253. The summed E-state index contributed by atoms with van der Waals surface area (Å²) >= 11 is 2.06. The van der Waals surface area contributed by atoms with Crippen LogP contribution in [0, 0.1) is 5.53 Å². The Kier molecular flexibility index (Phi) is 3.64. The predicted molar refractivity (Wildman–Crippen MR) is 52.8 cm³/mol. The standard InChI is InChI=1S/C7H9FIN3/c8-5-1-2-7(6(9)3-5)11-4-12-10/h2-3,5,10-11H,1,4H2. The van der Waals surface area contributed by atoms with Gasteiger partial charge in [0.15, 0.2) is 0 Å². The third-order valence-corrected chi connectivity index (χ3v) is 2.42. The zero-order chi connectivity index (χ0) is 8.97. The normalized spacial score (nSPS) is 22.7. The molecule has 0 bridgehead atoms. The highest BCUT2D eigenvalue weighted by Gasteiger charge is 2.11. The molecular weight excluding hydrogens is 272 g/mol. The maximum absolute atomic E-state index is 12.7. The summed E-state index contributed by atoms with van der Waals surface area (Å²) in [7, 11) is 0. The molecule has 0 radical (unpaired) electrons. The molecule has 0 aromatic rings. The average molecular weight is 281 g/mol. The molecule has 0 aromatic heterocycles. The highest BCUT2D eigenvalue weighted by molar-refractivity contribution is 14.1. The molecule has 0 aromatic carbocycles. The van der Waals surface area contributed by atoms with Crippen LogP contribution in [0.2, 0.25) is 0 Å². The summed E-state index contributed by atoms with van der Waals surface area (Å²) in [5.41, 5.74) is 7.44. The van der Waals surface area contributed by atoms with Crippen LogP contribution in [0.5, 0.6) is 0 Å². The molecule has 1 unspecified atom stereocenters. The van der Waals surface area contributed by atoms with Gasteiger partial charge in [0.05, 0.1) is 0 Å². The van der Waals surface area contributed by atoms with Gasteiger partial charge < -0.3 is 5.32 Å². The molecule has 0 amide bonds. The number of hydrogen-bond donors (Lipinski definition) is 2. The van der Waals surface area contributed by atoms with E-state index in [1.807, 2.05) is 0 Å². The minimum Gasteiger partial charge on any atom is -0.364 e. The lowest BCUT2D eigenvalue weighted by atomic mass is 10.1. The van der Waals surface area contributed by atoms with E-state index in [1.165, 1.54) is 0 Å². The molecule has 1 aliphatic rings. The van der Waals surface area contributed by atoms with Crippen LogP contribution in [-0.4, -0.2) is 12.8 Å². The monoisotopic (exact) mass is 281 g/mol. The Hall–Kier alpha value is -0.460. The van der Waals surface area contributed by atoms with Gasteiger partial charge >= 0.3 is 0 Å². The van der Waals surface area contributed by atoms with Crippen molar-refractivity contribution in [1.82, 2.24) is 5.32 Å². The van der Waals surface area contributed by atoms with Crippen LogP contribution in [0.25, 0.3) is 0 Å². The van der Waals surface area contributed by atoms with Crippen molar-refractivity contribution in [2.24, 2.45) is 5.11 Å². The van der Waals surface area contributed by atoms with Gasteiger partial charge in [-0.05, 0) is 28.7 Å². The van der Waals surface area contributed by atoms with Gasteiger partial charge in [0.2, 0.25) is 0 Å². The van der Waals surface area contributed by atoms with Crippen LogP contribution in [0.15, 0.2) is 26.5 Å². The van der Waals surface area contributed by atoms with E-state index < -0.39 is 6.17 Å². The minimum atomic E-state index is -0.865. The smallest absolute Gasteiger partial charge is 0.128 e. The van der Waals surface area contributed by atoms with Gasteiger partial charge in [-0.2, -0.15) is 5.11 Å². The molecule has 1 atom stereocenters. The molecule has 1 rings (SSSR count). The summed E-state index contributed by atoms with van der Waals surface area (Å²) in [4.78, 5) is 0. The SMILES string of the molecule is N=NCNC1=CCC(F)C=C1I. The summed E-state index contributed by atoms with van der Waals surface area (Å²) in [6.45, 7) is 0.253. The third kappa shape index (κ3) is 2.54. The third-order valence-electron chi connectivity index (χ3n) is 1.48. The molecule has 0 saturated carbocycles. The van der Waals surface area contributed by atoms with Crippen LogP contribution in [0.3, 0.4) is 0 Å². The second kappa shape index (κ2) is 4.54. The van der Waals surface area contributed by atoms with E-state index in [2.05, 4.69) is 33.0 Å². The first-order valence-corrected chi connectivity index (χ1v) is 4.61. The second-order valence-corrected chi connectivity index (χ2v) is 3.54. The Bertz CT molecular complexity index is 237. The Morgan fingerprint density at radius 3 is 3.17 bits per heavy atom. The van der Waals surface area contributed by atoms with Crippen molar-refractivity contribution >= 4 is 22.6 Å². The highest BCUT2D eigenvalue weighted by atomic mass is 127. The Balaban J connectivity index is 2.55. The molecule has 12 heavy (non-hydrogen) atoms. The first-order valence-electron chi connectivity index (χ1n) is 3.53. The quantitative estimate of drug-likeness (QED) is 0.606. The van der Waals surface area contributed by atoms with Crippen LogP contribution >= 0.6 is 22.6 Å². The molecule has 3 nitrogen and oxygen atoms in total. The van der Waals surface area contributed by atoms with Crippen LogP contribution < -0.4 is 5.32 Å². The molecular formula is C7H9FIN3. The van der Waals surface area contributed by atoms with Crippen molar-refractivity contribution < 1.29 is 4.39 Å². The van der Waals surface area contributed by atoms with E-state index in [0.29, 0.717) is 6.42 Å². The molecule has 1 aliphatic carbocycles. The van der Waals surface area contributed by atoms with Crippen molar-refractivity contribution in [2.75, 3.05) is 6.67 Å². The Morgan fingerprint density at radius 2 is 2.58 bits per heavy atom. The second-order valence-electron chi connectivity index (χ2n) is 2.38. The fourth-order valence-corrected chi connectivity index (χ4v) is 1.73. The van der Waals surface area contributed by atoms with Crippen molar-refractivity contribution in [3.63, 3.8) is 0 Å². The lowest BCUT2D eigenvalue weighted by Crippen LogP contribution is -2.16. The Morgan fingerprint density at radius 1 is 1.83 bits per heavy atom. The summed E-state index contributed by atoms with van der Waals surface area (Å²) in [5.74, 6) is 0. The van der Waals surface area contributed by atoms with E-state index in [9.17, 15) is 4.39 Å². The summed E-state index contributed by atoms with van der Waals surface area (Å²) in [6, 6.07) is 0. The van der Waals surface area contributed by atoms with E-state index in [-0.39, 0.29) is 6.67 Å². The van der Waals surface area contributed by atoms with E-state index >= 15 is 0 Å². The van der Waals surface area contributed by atoms with Gasteiger partial charge in [-0.1, -0.05) is 6.08 Å². The highest BCUT2D eigenvalue weighted by Crippen LogP contribution is 2.23. The number of alkyl halides is 1. The number of nitrogens with one attached hydrogen (secondary N) is 2. The molecule has 0 spiro atoms. The van der Waals surface area contributed by atoms with Crippen molar-refractivity contribution in [3.05, 3.63) is 21.4 Å². The number of allylic oxidation sites excluding steroid dienone is 3. The molecule has 0 aliphatic heterocycles. The lowest BCUT2D eigenvalue weighted by molar-refractivity contribution is 0.399. The van der Waals surface area contributed by atoms with Crippen LogP contribution in [0.1, 0.15) is 6.42 Å². The van der Waals surface area contributed by atoms with Crippen molar-refractivity contribution in [1.29, 1.82) is 5.53 Å². The van der Waals surface area contributed by atoms with Gasteiger partial charge in [-0.3, -0.25) is 0 Å². The average Bonchev–Trinajstić information content (AvgIpc) is 2.03. The van der Waals surface area contributed by atoms with Gasteiger partial charge in [-0.15, -0.1) is 0 Å². The molecule has 5 heteroatoms. The molecule has 0 saturated heterocycles. The maximum atomic E-state index is 12.7. The van der Waals surface area contributed by atoms with Crippen LogP contribution in [0.4, 0.5) is 4.39 Å². The molecule has 0 heterocycles. The Labute approximate surface area is 83.8 Å². The zero-order valence-electron chi connectivity index (χ0n) is 6.35. The largest absolute Gasteiger partial charge is 0.364 e. The van der Waals surface area contributed by atoms with E-state index in [4.69, 9.17) is 5.53 Å². The first kappa shape index (κ1) is 9.63. The number of rotatable bonds is 3. The number of nitrogens with zero attached hydrogens (tertiary/aromatic N) is 1. The van der Waals surface area contributed by atoms with Gasteiger partial charge in [-0.25, -0.2) is 9.92 Å². The maximum Gasteiger partial charge on any atom is 0.128 e.